The van der Waals surface area contributed by atoms with E-state index in [1.54, 1.807) is 0 Å². The lowest BCUT2D eigenvalue weighted by molar-refractivity contribution is 0.0952. The summed E-state index contributed by atoms with van der Waals surface area (Å²) in [6.07, 6.45) is 2.14. The van der Waals surface area contributed by atoms with Crippen LogP contribution >= 0.6 is 0 Å². The highest BCUT2D eigenvalue weighted by Gasteiger charge is 2.15. The molecule has 0 saturated carbocycles. The molecule has 1 aromatic carbocycles. The second-order valence-corrected chi connectivity index (χ2v) is 4.95. The molecule has 3 aromatic rings. The first-order chi connectivity index (χ1) is 10.7. The summed E-state index contributed by atoms with van der Waals surface area (Å²) in [5, 5.41) is 5.60. The van der Waals surface area contributed by atoms with Crippen molar-refractivity contribution in [2.75, 3.05) is 0 Å². The Bertz CT molecular complexity index is 865. The van der Waals surface area contributed by atoms with Gasteiger partial charge in [-0.2, -0.15) is 0 Å². The van der Waals surface area contributed by atoms with Gasteiger partial charge in [0.05, 0.1) is 0 Å². The van der Waals surface area contributed by atoms with Crippen LogP contribution in [0.15, 0.2) is 47.4 Å². The maximum absolute atomic E-state index is 12.3. The number of hydrogen-bond donors (Lipinski definition) is 2. The zero-order valence-electron chi connectivity index (χ0n) is 12.2. The third kappa shape index (κ3) is 2.63. The van der Waals surface area contributed by atoms with Crippen molar-refractivity contribution in [2.24, 2.45) is 0 Å². The van der Waals surface area contributed by atoms with Crippen LogP contribution in [0, 0.1) is 0 Å². The van der Waals surface area contributed by atoms with Crippen LogP contribution in [0.2, 0.25) is 0 Å². The van der Waals surface area contributed by atoms with E-state index in [4.69, 9.17) is 0 Å². The van der Waals surface area contributed by atoms with Crippen molar-refractivity contribution in [2.45, 2.75) is 19.9 Å². The third-order valence-electron chi connectivity index (χ3n) is 3.45. The maximum Gasteiger partial charge on any atom is 0.272 e. The minimum absolute atomic E-state index is 0.219. The Morgan fingerprint density at radius 1 is 1.32 bits per heavy atom. The van der Waals surface area contributed by atoms with Crippen LogP contribution in [0.5, 0.6) is 0 Å². The highest BCUT2D eigenvalue weighted by atomic mass is 16.2. The van der Waals surface area contributed by atoms with E-state index in [1.807, 2.05) is 37.3 Å². The molecule has 22 heavy (non-hydrogen) atoms. The van der Waals surface area contributed by atoms with E-state index < -0.39 is 0 Å². The van der Waals surface area contributed by atoms with Crippen molar-refractivity contribution >= 4 is 11.6 Å². The van der Waals surface area contributed by atoms with Gasteiger partial charge in [-0.25, -0.2) is 9.50 Å². The molecule has 0 bridgehead atoms. The first kappa shape index (κ1) is 14.1. The van der Waals surface area contributed by atoms with Crippen LogP contribution in [0.4, 0.5) is 0 Å². The predicted octanol–water partition coefficient (Wildman–Crippen LogP) is 1.51. The zero-order valence-corrected chi connectivity index (χ0v) is 12.2. The number of aromatic amines is 1. The fraction of sp³-hybridized carbons (Fsp3) is 0.188. The standard InChI is InChI=1S/C16H16N4O2/c1-2-12-8-14(21)20-15(19-12)13(10-18-20)16(22)17-9-11-6-4-3-5-7-11/h3-8,10,18H,2,9H2,1H3,(H,17,22). The number of hydrogen-bond acceptors (Lipinski definition) is 3. The number of nitrogens with zero attached hydrogens (tertiary/aromatic N) is 2. The van der Waals surface area contributed by atoms with Crippen LogP contribution < -0.4 is 10.9 Å². The third-order valence-corrected chi connectivity index (χ3v) is 3.45. The van der Waals surface area contributed by atoms with Gasteiger partial charge in [0.2, 0.25) is 0 Å². The minimum atomic E-state index is -0.261. The van der Waals surface area contributed by atoms with Crippen LogP contribution in [-0.4, -0.2) is 20.5 Å². The predicted molar refractivity (Wildman–Crippen MR) is 82.8 cm³/mol. The quantitative estimate of drug-likeness (QED) is 0.766. The van der Waals surface area contributed by atoms with E-state index in [0.29, 0.717) is 29.9 Å². The molecule has 0 radical (unpaired) electrons. The van der Waals surface area contributed by atoms with Gasteiger partial charge in [0.25, 0.3) is 11.5 Å². The molecule has 0 atom stereocenters. The molecule has 0 aliphatic carbocycles. The number of H-pyrrole nitrogens is 1. The molecule has 112 valence electrons. The Kier molecular flexibility index (Phi) is 3.74. The van der Waals surface area contributed by atoms with Gasteiger partial charge in [-0.1, -0.05) is 37.3 Å². The number of benzene rings is 1. The van der Waals surface area contributed by atoms with Crippen molar-refractivity contribution in [1.82, 2.24) is 19.9 Å². The highest BCUT2D eigenvalue weighted by molar-refractivity contribution is 5.99. The van der Waals surface area contributed by atoms with E-state index in [-0.39, 0.29) is 11.5 Å². The fourth-order valence-corrected chi connectivity index (χ4v) is 2.25. The van der Waals surface area contributed by atoms with Crippen molar-refractivity contribution in [3.8, 4) is 0 Å². The minimum Gasteiger partial charge on any atom is -0.348 e. The van der Waals surface area contributed by atoms with E-state index >= 15 is 0 Å². The average Bonchev–Trinajstić information content (AvgIpc) is 2.98. The lowest BCUT2D eigenvalue weighted by Gasteiger charge is -2.04. The average molecular weight is 296 g/mol. The van der Waals surface area contributed by atoms with Crippen LogP contribution in [-0.2, 0) is 13.0 Å². The number of rotatable bonds is 4. The van der Waals surface area contributed by atoms with Gasteiger partial charge in [0.1, 0.15) is 5.56 Å². The summed E-state index contributed by atoms with van der Waals surface area (Å²) in [5.74, 6) is -0.261. The smallest absolute Gasteiger partial charge is 0.272 e. The molecular formula is C16H16N4O2. The van der Waals surface area contributed by atoms with Gasteiger partial charge in [0, 0.05) is 24.5 Å². The Hall–Kier alpha value is -2.89. The number of carbonyl (C=O) groups excluding carboxylic acids is 1. The fourth-order valence-electron chi connectivity index (χ4n) is 2.25. The lowest BCUT2D eigenvalue weighted by atomic mass is 10.2. The van der Waals surface area contributed by atoms with Crippen LogP contribution in [0.1, 0.15) is 28.5 Å². The zero-order chi connectivity index (χ0) is 15.5. The molecule has 0 fully saturated rings. The Balaban J connectivity index is 1.88. The second kappa shape index (κ2) is 5.85. The molecule has 6 heteroatoms. The van der Waals surface area contributed by atoms with E-state index in [9.17, 15) is 9.59 Å². The molecule has 0 saturated heterocycles. The van der Waals surface area contributed by atoms with Gasteiger partial charge < -0.3 is 5.32 Å². The summed E-state index contributed by atoms with van der Waals surface area (Å²) in [6, 6.07) is 11.1. The summed E-state index contributed by atoms with van der Waals surface area (Å²) in [6.45, 7) is 2.34. The van der Waals surface area contributed by atoms with Gasteiger partial charge in [-0.05, 0) is 12.0 Å². The number of carbonyl (C=O) groups is 1. The van der Waals surface area contributed by atoms with Crippen LogP contribution in [0.25, 0.3) is 5.65 Å². The summed E-state index contributed by atoms with van der Waals surface area (Å²) in [7, 11) is 0. The Morgan fingerprint density at radius 3 is 2.82 bits per heavy atom. The maximum atomic E-state index is 12.3. The number of aryl methyl sites for hydroxylation is 1. The first-order valence-corrected chi connectivity index (χ1v) is 7.11. The number of nitrogens with one attached hydrogen (secondary N) is 2. The van der Waals surface area contributed by atoms with Gasteiger partial charge >= 0.3 is 0 Å². The first-order valence-electron chi connectivity index (χ1n) is 7.11. The lowest BCUT2D eigenvalue weighted by Crippen LogP contribution is -2.23. The number of fused-ring (bicyclic) bond motifs is 1. The summed E-state index contributed by atoms with van der Waals surface area (Å²) in [5.41, 5.74) is 2.18. The van der Waals surface area contributed by atoms with Crippen molar-refractivity contribution in [3.63, 3.8) is 0 Å². The van der Waals surface area contributed by atoms with Gasteiger partial charge in [0.15, 0.2) is 5.65 Å². The molecule has 6 nitrogen and oxygen atoms in total. The number of amides is 1. The molecule has 2 heterocycles. The van der Waals surface area contributed by atoms with Crippen molar-refractivity contribution in [3.05, 3.63) is 69.8 Å². The molecule has 0 spiro atoms. The topological polar surface area (TPSA) is 79.3 Å². The molecule has 0 aliphatic rings. The molecule has 1 amide bonds. The van der Waals surface area contributed by atoms with E-state index in [2.05, 4.69) is 15.4 Å². The van der Waals surface area contributed by atoms with Crippen molar-refractivity contribution < 1.29 is 4.79 Å². The summed E-state index contributed by atoms with van der Waals surface area (Å²) >= 11 is 0. The largest absolute Gasteiger partial charge is 0.348 e. The SMILES string of the molecule is CCc1cc(=O)n2[nH]cc(C(=O)NCc3ccccc3)c2n1. The monoisotopic (exact) mass is 296 g/mol. The molecule has 0 unspecified atom stereocenters. The molecule has 3 rings (SSSR count). The summed E-state index contributed by atoms with van der Waals surface area (Å²) < 4.78 is 1.27. The molecule has 2 N–H and O–H groups in total. The van der Waals surface area contributed by atoms with Crippen LogP contribution in [0.3, 0.4) is 0 Å². The van der Waals surface area contributed by atoms with E-state index in [0.717, 1.165) is 5.56 Å². The normalized spacial score (nSPS) is 10.8. The summed E-state index contributed by atoms with van der Waals surface area (Å²) in [4.78, 5) is 28.6. The molecular weight excluding hydrogens is 280 g/mol. The Labute approximate surface area is 126 Å². The molecule has 0 aliphatic heterocycles. The second-order valence-electron chi connectivity index (χ2n) is 4.95. The molecule has 2 aromatic heterocycles. The van der Waals surface area contributed by atoms with E-state index in [1.165, 1.54) is 16.8 Å². The highest BCUT2D eigenvalue weighted by Crippen LogP contribution is 2.08. The van der Waals surface area contributed by atoms with Gasteiger partial charge in [-0.3, -0.25) is 14.7 Å². The van der Waals surface area contributed by atoms with Crippen molar-refractivity contribution in [1.29, 1.82) is 0 Å². The number of aromatic nitrogens is 3. The Morgan fingerprint density at radius 2 is 2.09 bits per heavy atom. The van der Waals surface area contributed by atoms with Gasteiger partial charge in [-0.15, -0.1) is 0 Å².